The third-order valence-electron chi connectivity index (χ3n) is 2.17. The van der Waals surface area contributed by atoms with E-state index >= 15 is 0 Å². The molecule has 0 fully saturated rings. The van der Waals surface area contributed by atoms with Crippen LogP contribution in [0.5, 0.6) is 0 Å². The monoisotopic (exact) mass is 296 g/mol. The number of hydrogen-bond donors (Lipinski definition) is 0. The summed E-state index contributed by atoms with van der Waals surface area (Å²) in [5.74, 6) is -0.0270. The number of rotatable bonds is 3. The van der Waals surface area contributed by atoms with Crippen LogP contribution in [0.3, 0.4) is 0 Å². The first-order valence-corrected chi connectivity index (χ1v) is 6.30. The molecule has 0 amide bonds. The van der Waals surface area contributed by atoms with E-state index in [4.69, 9.17) is 0 Å². The summed E-state index contributed by atoms with van der Waals surface area (Å²) in [5.41, 5.74) is 1.64. The highest BCUT2D eigenvalue weighted by Gasteiger charge is 2.12. The standard InChI is InChI=1S/C11H9BrN2OS/c1-7(15)11-10(16-14-13-11)6-8-2-4-9(12)5-3-8/h2-5H,6H2,1H3. The molecule has 2 rings (SSSR count). The van der Waals surface area contributed by atoms with Gasteiger partial charge in [0.1, 0.15) is 5.69 Å². The minimum Gasteiger partial charge on any atom is -0.293 e. The predicted octanol–water partition coefficient (Wildman–Crippen LogP) is 3.09. The first-order valence-electron chi connectivity index (χ1n) is 4.73. The summed E-state index contributed by atoms with van der Waals surface area (Å²) < 4.78 is 4.87. The van der Waals surface area contributed by atoms with E-state index in [2.05, 4.69) is 25.5 Å². The van der Waals surface area contributed by atoms with Crippen molar-refractivity contribution >= 4 is 33.2 Å². The SMILES string of the molecule is CC(=O)c1nnsc1Cc1ccc(Br)cc1. The van der Waals surface area contributed by atoms with Crippen LogP contribution in [-0.2, 0) is 6.42 Å². The second-order valence-electron chi connectivity index (χ2n) is 3.40. The van der Waals surface area contributed by atoms with Gasteiger partial charge in [-0.25, -0.2) is 0 Å². The van der Waals surface area contributed by atoms with Crippen molar-refractivity contribution in [1.29, 1.82) is 0 Å². The summed E-state index contributed by atoms with van der Waals surface area (Å²) in [6.45, 7) is 1.52. The van der Waals surface area contributed by atoms with Gasteiger partial charge in [-0.05, 0) is 29.2 Å². The van der Waals surface area contributed by atoms with Gasteiger partial charge in [-0.3, -0.25) is 4.79 Å². The molecule has 2 aromatic rings. The molecule has 16 heavy (non-hydrogen) atoms. The highest BCUT2D eigenvalue weighted by atomic mass is 79.9. The van der Waals surface area contributed by atoms with Crippen molar-refractivity contribution in [3.63, 3.8) is 0 Å². The van der Waals surface area contributed by atoms with E-state index in [-0.39, 0.29) is 5.78 Å². The molecule has 0 aliphatic heterocycles. The lowest BCUT2D eigenvalue weighted by Gasteiger charge is -1.99. The maximum atomic E-state index is 11.3. The van der Waals surface area contributed by atoms with Crippen LogP contribution in [0.25, 0.3) is 0 Å². The van der Waals surface area contributed by atoms with E-state index in [1.54, 1.807) is 0 Å². The summed E-state index contributed by atoms with van der Waals surface area (Å²) >= 11 is 4.67. The molecule has 5 heteroatoms. The van der Waals surface area contributed by atoms with Gasteiger partial charge in [0.15, 0.2) is 5.78 Å². The van der Waals surface area contributed by atoms with Crippen LogP contribution in [0.4, 0.5) is 0 Å². The second kappa shape index (κ2) is 4.84. The van der Waals surface area contributed by atoms with Crippen molar-refractivity contribution in [2.75, 3.05) is 0 Å². The van der Waals surface area contributed by atoms with Crippen LogP contribution < -0.4 is 0 Å². The molecular weight excluding hydrogens is 288 g/mol. The van der Waals surface area contributed by atoms with Gasteiger partial charge < -0.3 is 0 Å². The fourth-order valence-corrected chi connectivity index (χ4v) is 2.37. The maximum absolute atomic E-state index is 11.3. The minimum absolute atomic E-state index is 0.0270. The van der Waals surface area contributed by atoms with Crippen molar-refractivity contribution in [3.8, 4) is 0 Å². The van der Waals surface area contributed by atoms with Gasteiger partial charge in [-0.2, -0.15) is 0 Å². The zero-order valence-electron chi connectivity index (χ0n) is 8.61. The first-order chi connectivity index (χ1) is 7.66. The summed E-state index contributed by atoms with van der Waals surface area (Å²) in [6, 6.07) is 8.01. The number of aromatic nitrogens is 2. The van der Waals surface area contributed by atoms with Gasteiger partial charge in [0.2, 0.25) is 0 Å². The van der Waals surface area contributed by atoms with E-state index in [1.165, 1.54) is 18.5 Å². The molecule has 1 aromatic carbocycles. The number of Topliss-reactive ketones (excluding diaryl/α,β-unsaturated/α-hetero) is 1. The predicted molar refractivity (Wildman–Crippen MR) is 66.9 cm³/mol. The van der Waals surface area contributed by atoms with E-state index < -0.39 is 0 Å². The Morgan fingerprint density at radius 3 is 2.69 bits per heavy atom. The Hall–Kier alpha value is -1.07. The van der Waals surface area contributed by atoms with Crippen LogP contribution >= 0.6 is 27.5 Å². The van der Waals surface area contributed by atoms with Gasteiger partial charge in [-0.15, -0.1) is 5.10 Å². The molecule has 1 aromatic heterocycles. The van der Waals surface area contributed by atoms with Gasteiger partial charge in [-0.1, -0.05) is 32.6 Å². The molecule has 0 aliphatic rings. The molecule has 0 radical (unpaired) electrons. The number of carbonyl (C=O) groups excluding carboxylic acids is 1. The molecule has 0 saturated carbocycles. The van der Waals surface area contributed by atoms with Crippen LogP contribution in [-0.4, -0.2) is 15.4 Å². The number of ketones is 1. The quantitative estimate of drug-likeness (QED) is 0.818. The second-order valence-corrected chi connectivity index (χ2v) is 5.16. The van der Waals surface area contributed by atoms with Crippen LogP contribution in [0.1, 0.15) is 27.9 Å². The normalized spacial score (nSPS) is 10.4. The molecule has 0 spiro atoms. The molecular formula is C11H9BrN2OS. The van der Waals surface area contributed by atoms with Gasteiger partial charge in [0.05, 0.1) is 4.88 Å². The van der Waals surface area contributed by atoms with Crippen molar-refractivity contribution in [2.45, 2.75) is 13.3 Å². The van der Waals surface area contributed by atoms with Crippen molar-refractivity contribution in [1.82, 2.24) is 9.59 Å². The van der Waals surface area contributed by atoms with Gasteiger partial charge >= 0.3 is 0 Å². The smallest absolute Gasteiger partial charge is 0.181 e. The Bertz CT molecular complexity index is 507. The number of hydrogen-bond acceptors (Lipinski definition) is 4. The molecule has 0 aliphatic carbocycles. The number of nitrogens with zero attached hydrogens (tertiary/aromatic N) is 2. The number of benzene rings is 1. The van der Waals surface area contributed by atoms with Crippen LogP contribution in [0.2, 0.25) is 0 Å². The summed E-state index contributed by atoms with van der Waals surface area (Å²) in [5, 5.41) is 3.84. The average Bonchev–Trinajstić information content (AvgIpc) is 2.69. The molecule has 0 N–H and O–H groups in total. The fraction of sp³-hybridized carbons (Fsp3) is 0.182. The molecule has 0 atom stereocenters. The van der Waals surface area contributed by atoms with E-state index in [0.717, 1.165) is 14.9 Å². The minimum atomic E-state index is -0.0270. The van der Waals surface area contributed by atoms with E-state index in [0.29, 0.717) is 12.1 Å². The highest BCUT2D eigenvalue weighted by Crippen LogP contribution is 2.18. The van der Waals surface area contributed by atoms with E-state index in [9.17, 15) is 4.79 Å². The zero-order valence-corrected chi connectivity index (χ0v) is 11.0. The van der Waals surface area contributed by atoms with Crippen molar-refractivity contribution < 1.29 is 4.79 Å². The molecule has 1 heterocycles. The zero-order chi connectivity index (χ0) is 11.5. The number of carbonyl (C=O) groups is 1. The van der Waals surface area contributed by atoms with Gasteiger partial charge in [0, 0.05) is 17.8 Å². The Labute approximate surface area is 106 Å². The number of halogens is 1. The summed E-state index contributed by atoms with van der Waals surface area (Å²) in [4.78, 5) is 12.2. The molecule has 3 nitrogen and oxygen atoms in total. The molecule has 82 valence electrons. The average molecular weight is 297 g/mol. The van der Waals surface area contributed by atoms with Gasteiger partial charge in [0.25, 0.3) is 0 Å². The lowest BCUT2D eigenvalue weighted by molar-refractivity contribution is 0.101. The lowest BCUT2D eigenvalue weighted by atomic mass is 10.1. The Kier molecular flexibility index (Phi) is 3.46. The third-order valence-corrected chi connectivity index (χ3v) is 3.42. The fourth-order valence-electron chi connectivity index (χ4n) is 1.38. The van der Waals surface area contributed by atoms with Crippen molar-refractivity contribution in [3.05, 3.63) is 44.9 Å². The van der Waals surface area contributed by atoms with E-state index in [1.807, 2.05) is 24.3 Å². The Morgan fingerprint density at radius 2 is 2.06 bits per heavy atom. The largest absolute Gasteiger partial charge is 0.293 e. The third kappa shape index (κ3) is 2.54. The maximum Gasteiger partial charge on any atom is 0.181 e. The molecule has 0 bridgehead atoms. The van der Waals surface area contributed by atoms with Crippen molar-refractivity contribution in [2.24, 2.45) is 0 Å². The lowest BCUT2D eigenvalue weighted by Crippen LogP contribution is -1.98. The Morgan fingerprint density at radius 1 is 1.38 bits per heavy atom. The topological polar surface area (TPSA) is 42.9 Å². The summed E-state index contributed by atoms with van der Waals surface area (Å²) in [7, 11) is 0. The molecule has 0 unspecified atom stereocenters. The van der Waals surface area contributed by atoms with Crippen LogP contribution in [0, 0.1) is 0 Å². The first kappa shape index (κ1) is 11.4. The Balaban J connectivity index is 2.23. The van der Waals surface area contributed by atoms with Crippen LogP contribution in [0.15, 0.2) is 28.7 Å². The summed E-state index contributed by atoms with van der Waals surface area (Å²) in [6.07, 6.45) is 0.708. The highest BCUT2D eigenvalue weighted by molar-refractivity contribution is 9.10. The molecule has 0 saturated heterocycles.